The number of nitrogens with two attached hydrogens (primary N) is 1. The molecule has 2 amide bonds. The summed E-state index contributed by atoms with van der Waals surface area (Å²) in [6.45, 7) is 5.12. The second kappa shape index (κ2) is 7.97. The third kappa shape index (κ3) is 4.96. The van der Waals surface area contributed by atoms with Crippen LogP contribution in [0.15, 0.2) is 18.2 Å². The van der Waals surface area contributed by atoms with Crippen LogP contribution in [0.4, 0.5) is 11.4 Å². The summed E-state index contributed by atoms with van der Waals surface area (Å²) in [5.74, 6) is 0.451. The van der Waals surface area contributed by atoms with E-state index in [-0.39, 0.29) is 0 Å². The Labute approximate surface area is 137 Å². The van der Waals surface area contributed by atoms with Gasteiger partial charge in [-0.1, -0.05) is 6.92 Å². The molecule has 0 radical (unpaired) electrons. The number of likely N-dealkylation sites (tertiary alicyclic amines) is 1. The van der Waals surface area contributed by atoms with Crippen molar-refractivity contribution in [1.82, 2.24) is 4.90 Å². The van der Waals surface area contributed by atoms with Crippen LogP contribution in [0.1, 0.15) is 36.5 Å². The molecule has 0 aromatic heterocycles. The number of benzene rings is 1. The van der Waals surface area contributed by atoms with E-state index in [0.717, 1.165) is 17.6 Å². The Morgan fingerprint density at radius 3 is 2.52 bits per heavy atom. The Kier molecular flexibility index (Phi) is 5.98. The summed E-state index contributed by atoms with van der Waals surface area (Å²) in [5, 5.41) is 5.34. The van der Waals surface area contributed by atoms with Gasteiger partial charge in [-0.25, -0.2) is 0 Å². The van der Waals surface area contributed by atoms with Gasteiger partial charge < -0.3 is 21.3 Å². The zero-order valence-corrected chi connectivity index (χ0v) is 13.8. The number of nitrogens with one attached hydrogen (secondary N) is 2. The van der Waals surface area contributed by atoms with Crippen molar-refractivity contribution in [2.45, 2.75) is 32.2 Å². The minimum absolute atomic E-state index is 0.355. The van der Waals surface area contributed by atoms with Gasteiger partial charge in [0, 0.05) is 25.2 Å². The number of rotatable bonds is 5. The molecular formula is C17H26N4O2. The zero-order chi connectivity index (χ0) is 16.8. The van der Waals surface area contributed by atoms with Crippen LogP contribution in [-0.2, 0) is 4.79 Å². The van der Waals surface area contributed by atoms with Gasteiger partial charge in [0.1, 0.15) is 0 Å². The van der Waals surface area contributed by atoms with Gasteiger partial charge in [-0.3, -0.25) is 9.59 Å². The van der Waals surface area contributed by atoms with Crippen LogP contribution in [-0.4, -0.2) is 43.4 Å². The standard InChI is InChI=1S/C9H11N3O2.C8H15N/c1-11-7-3-2-6(9(10)14)4-8(7)12-5-13;1-7-4-5-9(6-7)8-2-3-8/h2-5,11H,1H3,(H2,10,14)(H,12,13);7-8H,2-6H2,1H3. The molecule has 1 unspecified atom stereocenters. The topological polar surface area (TPSA) is 87.5 Å². The smallest absolute Gasteiger partial charge is 0.248 e. The predicted molar refractivity (Wildman–Crippen MR) is 92.6 cm³/mol. The number of hydrogen-bond donors (Lipinski definition) is 3. The summed E-state index contributed by atoms with van der Waals surface area (Å²) in [6.07, 6.45) is 4.94. The molecule has 1 aliphatic carbocycles. The van der Waals surface area contributed by atoms with Crippen LogP contribution < -0.4 is 16.4 Å². The summed E-state index contributed by atoms with van der Waals surface area (Å²) in [4.78, 5) is 23.8. The third-order valence-corrected chi connectivity index (χ3v) is 4.31. The average Bonchev–Trinajstić information content (AvgIpc) is 3.30. The van der Waals surface area contributed by atoms with Crippen LogP contribution in [0.2, 0.25) is 0 Å². The quantitative estimate of drug-likeness (QED) is 0.724. The number of hydrogen-bond acceptors (Lipinski definition) is 4. The van der Waals surface area contributed by atoms with Crippen molar-refractivity contribution in [3.05, 3.63) is 23.8 Å². The second-order valence-corrected chi connectivity index (χ2v) is 6.26. The Morgan fingerprint density at radius 1 is 1.30 bits per heavy atom. The van der Waals surface area contributed by atoms with Gasteiger partial charge in [0.05, 0.1) is 11.4 Å². The van der Waals surface area contributed by atoms with Crippen LogP contribution >= 0.6 is 0 Å². The zero-order valence-electron chi connectivity index (χ0n) is 13.8. The lowest BCUT2D eigenvalue weighted by molar-refractivity contribution is -0.105. The van der Waals surface area contributed by atoms with Gasteiger partial charge >= 0.3 is 0 Å². The molecule has 1 aromatic carbocycles. The maximum atomic E-state index is 10.8. The number of amides is 2. The number of nitrogens with zero attached hydrogens (tertiary/aromatic N) is 1. The lowest BCUT2D eigenvalue weighted by Gasteiger charge is -2.12. The van der Waals surface area contributed by atoms with Crippen LogP contribution in [0, 0.1) is 5.92 Å². The lowest BCUT2D eigenvalue weighted by atomic mass is 10.1. The molecule has 0 spiro atoms. The fourth-order valence-corrected chi connectivity index (χ4v) is 2.84. The van der Waals surface area contributed by atoms with E-state index in [1.54, 1.807) is 19.2 Å². The molecule has 23 heavy (non-hydrogen) atoms. The summed E-state index contributed by atoms with van der Waals surface area (Å²) >= 11 is 0. The summed E-state index contributed by atoms with van der Waals surface area (Å²) in [5.41, 5.74) is 6.70. The molecule has 1 aromatic rings. The first-order valence-corrected chi connectivity index (χ1v) is 8.11. The molecule has 1 atom stereocenters. The van der Waals surface area contributed by atoms with Crippen molar-refractivity contribution in [3.8, 4) is 0 Å². The van der Waals surface area contributed by atoms with E-state index < -0.39 is 5.91 Å². The average molecular weight is 318 g/mol. The predicted octanol–water partition coefficient (Wildman–Crippen LogP) is 1.89. The SMILES string of the molecule is CC1CCN(C2CC2)C1.CNc1ccc(C(N)=O)cc1NC=O. The Morgan fingerprint density at radius 2 is 2.04 bits per heavy atom. The van der Waals surface area contributed by atoms with Gasteiger partial charge in [-0.2, -0.15) is 0 Å². The van der Waals surface area contributed by atoms with Gasteiger partial charge in [0.25, 0.3) is 0 Å². The van der Waals surface area contributed by atoms with Crippen LogP contribution in [0.5, 0.6) is 0 Å². The van der Waals surface area contributed by atoms with Crippen molar-refractivity contribution in [2.24, 2.45) is 11.7 Å². The molecule has 6 nitrogen and oxygen atoms in total. The molecule has 0 bridgehead atoms. The van der Waals surface area contributed by atoms with Crippen molar-refractivity contribution in [2.75, 3.05) is 30.8 Å². The highest BCUT2D eigenvalue weighted by molar-refractivity contribution is 5.96. The highest BCUT2D eigenvalue weighted by atomic mass is 16.1. The van der Waals surface area contributed by atoms with Gasteiger partial charge in [0.2, 0.25) is 12.3 Å². The minimum atomic E-state index is -0.526. The van der Waals surface area contributed by atoms with E-state index in [4.69, 9.17) is 5.73 Å². The molecule has 1 saturated heterocycles. The molecular weight excluding hydrogens is 292 g/mol. The summed E-state index contributed by atoms with van der Waals surface area (Å²) < 4.78 is 0. The van der Waals surface area contributed by atoms with Crippen molar-refractivity contribution in [3.63, 3.8) is 0 Å². The molecule has 1 aliphatic heterocycles. The van der Waals surface area contributed by atoms with E-state index in [9.17, 15) is 9.59 Å². The number of carbonyl (C=O) groups excluding carboxylic acids is 2. The first-order chi connectivity index (χ1) is 11.0. The molecule has 6 heteroatoms. The fourth-order valence-electron chi connectivity index (χ4n) is 2.84. The Balaban J connectivity index is 0.000000182. The summed E-state index contributed by atoms with van der Waals surface area (Å²) in [6, 6.07) is 5.79. The number of anilines is 2. The molecule has 2 fully saturated rings. The molecule has 126 valence electrons. The highest BCUT2D eigenvalue weighted by Gasteiger charge is 2.32. The first kappa shape index (κ1) is 17.3. The number of carbonyl (C=O) groups is 2. The highest BCUT2D eigenvalue weighted by Crippen LogP contribution is 2.31. The molecule has 1 heterocycles. The summed E-state index contributed by atoms with van der Waals surface area (Å²) in [7, 11) is 1.72. The molecule has 3 rings (SSSR count). The third-order valence-electron chi connectivity index (χ3n) is 4.31. The second-order valence-electron chi connectivity index (χ2n) is 6.26. The van der Waals surface area contributed by atoms with E-state index in [2.05, 4.69) is 22.5 Å². The van der Waals surface area contributed by atoms with Crippen LogP contribution in [0.3, 0.4) is 0 Å². The van der Waals surface area contributed by atoms with Crippen molar-refractivity contribution in [1.29, 1.82) is 0 Å². The van der Waals surface area contributed by atoms with Crippen molar-refractivity contribution < 1.29 is 9.59 Å². The Hall–Kier alpha value is -2.08. The maximum Gasteiger partial charge on any atom is 0.248 e. The minimum Gasteiger partial charge on any atom is -0.386 e. The van der Waals surface area contributed by atoms with E-state index in [1.807, 2.05) is 0 Å². The largest absolute Gasteiger partial charge is 0.386 e. The van der Waals surface area contributed by atoms with Gasteiger partial charge in [0.15, 0.2) is 0 Å². The van der Waals surface area contributed by atoms with Crippen LogP contribution in [0.25, 0.3) is 0 Å². The van der Waals surface area contributed by atoms with Gasteiger partial charge in [-0.15, -0.1) is 0 Å². The Bertz CT molecular complexity index is 558. The maximum absolute atomic E-state index is 10.8. The lowest BCUT2D eigenvalue weighted by Crippen LogP contribution is -2.22. The molecule has 4 N–H and O–H groups in total. The fraction of sp³-hybridized carbons (Fsp3) is 0.529. The molecule has 1 saturated carbocycles. The molecule has 2 aliphatic rings. The van der Waals surface area contributed by atoms with E-state index in [0.29, 0.717) is 17.7 Å². The normalized spacial score (nSPS) is 20.3. The first-order valence-electron chi connectivity index (χ1n) is 8.11. The van der Waals surface area contributed by atoms with Crippen molar-refractivity contribution >= 4 is 23.7 Å². The number of primary amides is 1. The van der Waals surface area contributed by atoms with Gasteiger partial charge in [-0.05, 0) is 49.9 Å². The van der Waals surface area contributed by atoms with E-state index >= 15 is 0 Å². The van der Waals surface area contributed by atoms with E-state index in [1.165, 1.54) is 38.4 Å². The monoisotopic (exact) mass is 318 g/mol.